The first-order valence-electron chi connectivity index (χ1n) is 6.04. The smallest absolute Gasteiger partial charge is 0.123 e. The molecular formula is C15H14BrF2N. The van der Waals surface area contributed by atoms with Crippen molar-refractivity contribution in [3.63, 3.8) is 0 Å². The third-order valence-electron chi connectivity index (χ3n) is 2.83. The van der Waals surface area contributed by atoms with Gasteiger partial charge in [0.25, 0.3) is 0 Å². The van der Waals surface area contributed by atoms with Crippen LogP contribution < -0.4 is 5.32 Å². The predicted octanol–water partition coefficient (Wildman–Crippen LogP) is 4.06. The second-order valence-corrected chi connectivity index (χ2v) is 5.14. The molecule has 2 aromatic carbocycles. The van der Waals surface area contributed by atoms with E-state index < -0.39 is 0 Å². The highest BCUT2D eigenvalue weighted by Gasteiger charge is 2.01. The molecule has 1 N–H and O–H groups in total. The van der Waals surface area contributed by atoms with Gasteiger partial charge in [-0.25, -0.2) is 8.78 Å². The molecule has 19 heavy (non-hydrogen) atoms. The first-order valence-corrected chi connectivity index (χ1v) is 6.83. The lowest BCUT2D eigenvalue weighted by Gasteiger charge is -2.07. The van der Waals surface area contributed by atoms with Crippen LogP contribution in [-0.4, -0.2) is 6.54 Å². The average molecular weight is 326 g/mol. The van der Waals surface area contributed by atoms with Crippen molar-refractivity contribution in [3.05, 3.63) is 69.7 Å². The van der Waals surface area contributed by atoms with Gasteiger partial charge in [-0.05, 0) is 54.4 Å². The van der Waals surface area contributed by atoms with Crippen molar-refractivity contribution >= 4 is 15.9 Å². The molecule has 0 unspecified atom stereocenters. The van der Waals surface area contributed by atoms with Crippen LogP contribution in [-0.2, 0) is 13.0 Å². The van der Waals surface area contributed by atoms with Crippen LogP contribution in [0, 0.1) is 11.6 Å². The van der Waals surface area contributed by atoms with Crippen molar-refractivity contribution in [3.8, 4) is 0 Å². The van der Waals surface area contributed by atoms with Crippen molar-refractivity contribution in [2.24, 2.45) is 0 Å². The Kier molecular flexibility index (Phi) is 5.05. The van der Waals surface area contributed by atoms with Crippen LogP contribution in [0.2, 0.25) is 0 Å². The van der Waals surface area contributed by atoms with Crippen LogP contribution in [0.5, 0.6) is 0 Å². The summed E-state index contributed by atoms with van der Waals surface area (Å²) in [4.78, 5) is 0. The molecule has 0 radical (unpaired) electrons. The summed E-state index contributed by atoms with van der Waals surface area (Å²) in [5.74, 6) is -0.459. The Balaban J connectivity index is 1.80. The topological polar surface area (TPSA) is 12.0 Å². The van der Waals surface area contributed by atoms with E-state index in [9.17, 15) is 8.78 Å². The molecule has 0 aromatic heterocycles. The lowest BCUT2D eigenvalue weighted by atomic mass is 10.1. The van der Waals surface area contributed by atoms with Gasteiger partial charge >= 0.3 is 0 Å². The molecule has 0 aliphatic carbocycles. The number of rotatable bonds is 5. The monoisotopic (exact) mass is 325 g/mol. The molecule has 4 heteroatoms. The SMILES string of the molecule is Fc1ccc(CCNCc2cc(F)ccc2Br)cc1. The van der Waals surface area contributed by atoms with Gasteiger partial charge in [-0.2, -0.15) is 0 Å². The van der Waals surface area contributed by atoms with Crippen LogP contribution in [0.25, 0.3) is 0 Å². The maximum atomic E-state index is 13.1. The first-order chi connectivity index (χ1) is 9.15. The summed E-state index contributed by atoms with van der Waals surface area (Å²) < 4.78 is 26.7. The second kappa shape index (κ2) is 6.78. The fourth-order valence-corrected chi connectivity index (χ4v) is 2.17. The molecule has 0 spiro atoms. The number of hydrogen-bond donors (Lipinski definition) is 1. The second-order valence-electron chi connectivity index (χ2n) is 4.29. The van der Waals surface area contributed by atoms with Gasteiger partial charge < -0.3 is 5.32 Å². The van der Waals surface area contributed by atoms with E-state index in [0.717, 1.165) is 28.6 Å². The maximum absolute atomic E-state index is 13.1. The Bertz CT molecular complexity index is 540. The summed E-state index contributed by atoms with van der Waals surface area (Å²) >= 11 is 3.39. The molecule has 0 bridgehead atoms. The molecule has 0 heterocycles. The van der Waals surface area contributed by atoms with Gasteiger partial charge in [0.05, 0.1) is 0 Å². The van der Waals surface area contributed by atoms with Gasteiger partial charge in [-0.1, -0.05) is 28.1 Å². The molecule has 0 amide bonds. The third-order valence-corrected chi connectivity index (χ3v) is 3.60. The van der Waals surface area contributed by atoms with E-state index in [0.29, 0.717) is 6.54 Å². The van der Waals surface area contributed by atoms with Crippen molar-refractivity contribution in [2.75, 3.05) is 6.54 Å². The summed E-state index contributed by atoms with van der Waals surface area (Å²) in [5.41, 5.74) is 1.96. The quantitative estimate of drug-likeness (QED) is 0.817. The Morgan fingerprint density at radius 1 is 0.947 bits per heavy atom. The van der Waals surface area contributed by atoms with Crippen molar-refractivity contribution in [1.82, 2.24) is 5.32 Å². The van der Waals surface area contributed by atoms with Crippen LogP contribution >= 0.6 is 15.9 Å². The lowest BCUT2D eigenvalue weighted by molar-refractivity contribution is 0.618. The molecule has 1 nitrogen and oxygen atoms in total. The van der Waals surface area contributed by atoms with Gasteiger partial charge in [0.2, 0.25) is 0 Å². The number of nitrogens with one attached hydrogen (secondary N) is 1. The molecule has 2 rings (SSSR count). The van der Waals surface area contributed by atoms with E-state index in [1.807, 2.05) is 0 Å². The highest BCUT2D eigenvalue weighted by molar-refractivity contribution is 9.10. The Morgan fingerprint density at radius 2 is 1.63 bits per heavy atom. The molecule has 0 saturated carbocycles. The zero-order chi connectivity index (χ0) is 13.7. The molecular weight excluding hydrogens is 312 g/mol. The van der Waals surface area contributed by atoms with Gasteiger partial charge in [0.15, 0.2) is 0 Å². The van der Waals surface area contributed by atoms with Gasteiger partial charge in [-0.15, -0.1) is 0 Å². The predicted molar refractivity (Wildman–Crippen MR) is 75.9 cm³/mol. The normalized spacial score (nSPS) is 10.7. The number of benzene rings is 2. The Hall–Kier alpha value is -1.26. The summed E-state index contributed by atoms with van der Waals surface area (Å²) in [6.45, 7) is 1.36. The largest absolute Gasteiger partial charge is 0.312 e. The fourth-order valence-electron chi connectivity index (χ4n) is 1.79. The fraction of sp³-hybridized carbons (Fsp3) is 0.200. The van der Waals surface area contributed by atoms with E-state index in [1.165, 1.54) is 24.3 Å². The molecule has 100 valence electrons. The lowest BCUT2D eigenvalue weighted by Crippen LogP contribution is -2.17. The van der Waals surface area contributed by atoms with Crippen molar-refractivity contribution in [2.45, 2.75) is 13.0 Å². The minimum Gasteiger partial charge on any atom is -0.312 e. The van der Waals surface area contributed by atoms with E-state index >= 15 is 0 Å². The van der Waals surface area contributed by atoms with E-state index in [4.69, 9.17) is 0 Å². The minimum atomic E-state index is -0.237. The summed E-state index contributed by atoms with van der Waals surface area (Å²) in [5, 5.41) is 3.24. The first kappa shape index (κ1) is 14.2. The number of halogens is 3. The van der Waals surface area contributed by atoms with Crippen LogP contribution in [0.3, 0.4) is 0 Å². The molecule has 0 atom stereocenters. The van der Waals surface area contributed by atoms with Gasteiger partial charge in [0.1, 0.15) is 11.6 Å². The van der Waals surface area contributed by atoms with Crippen molar-refractivity contribution < 1.29 is 8.78 Å². The Morgan fingerprint density at radius 3 is 2.37 bits per heavy atom. The zero-order valence-corrected chi connectivity index (χ0v) is 11.9. The maximum Gasteiger partial charge on any atom is 0.123 e. The van der Waals surface area contributed by atoms with E-state index in [1.54, 1.807) is 18.2 Å². The van der Waals surface area contributed by atoms with Crippen LogP contribution in [0.4, 0.5) is 8.78 Å². The van der Waals surface area contributed by atoms with E-state index in [-0.39, 0.29) is 11.6 Å². The highest BCUT2D eigenvalue weighted by atomic mass is 79.9. The number of hydrogen-bond acceptors (Lipinski definition) is 1. The van der Waals surface area contributed by atoms with Gasteiger partial charge in [-0.3, -0.25) is 0 Å². The minimum absolute atomic E-state index is 0.222. The van der Waals surface area contributed by atoms with Crippen molar-refractivity contribution in [1.29, 1.82) is 0 Å². The van der Waals surface area contributed by atoms with Crippen LogP contribution in [0.15, 0.2) is 46.9 Å². The molecule has 0 fully saturated rings. The Labute approximate surface area is 119 Å². The average Bonchev–Trinajstić information content (AvgIpc) is 2.40. The molecule has 0 aliphatic rings. The zero-order valence-electron chi connectivity index (χ0n) is 10.3. The highest BCUT2D eigenvalue weighted by Crippen LogP contribution is 2.17. The van der Waals surface area contributed by atoms with E-state index in [2.05, 4.69) is 21.2 Å². The molecule has 0 saturated heterocycles. The van der Waals surface area contributed by atoms with Crippen LogP contribution in [0.1, 0.15) is 11.1 Å². The standard InChI is InChI=1S/C15H14BrF2N/c16-15-6-5-14(18)9-12(15)10-19-8-7-11-1-3-13(17)4-2-11/h1-6,9,19H,7-8,10H2. The summed E-state index contributed by atoms with van der Waals surface area (Å²) in [7, 11) is 0. The van der Waals surface area contributed by atoms with Gasteiger partial charge in [0, 0.05) is 11.0 Å². The summed E-state index contributed by atoms with van der Waals surface area (Å²) in [6.07, 6.45) is 0.813. The third kappa shape index (κ3) is 4.40. The molecule has 0 aliphatic heterocycles. The molecule has 2 aromatic rings. The summed E-state index contributed by atoms with van der Waals surface area (Å²) in [6, 6.07) is 11.1.